The molecule has 142 valence electrons. The highest BCUT2D eigenvalue weighted by molar-refractivity contribution is 6.32. The topological polar surface area (TPSA) is 71.7 Å². The lowest BCUT2D eigenvalue weighted by Gasteiger charge is -2.12. The summed E-state index contributed by atoms with van der Waals surface area (Å²) in [6, 6.07) is 7.20. The molecule has 5 nitrogen and oxygen atoms in total. The standard InChI is InChI=1S/C17H10ClF4NO4/c18-11-6-10(1-2-13(11)27-17(20,21)22)23-7-9-5-14-8(3-12(9)19)4-15(26-14)16(24)25/h1-6,23H,7H2,(H,24,25). The third-order valence-electron chi connectivity index (χ3n) is 3.54. The number of furan rings is 1. The van der Waals surface area contributed by atoms with Crippen LogP contribution in [0.1, 0.15) is 16.1 Å². The Labute approximate surface area is 154 Å². The molecule has 27 heavy (non-hydrogen) atoms. The van der Waals surface area contributed by atoms with E-state index in [1.54, 1.807) is 0 Å². The molecule has 0 unspecified atom stereocenters. The van der Waals surface area contributed by atoms with E-state index in [4.69, 9.17) is 21.1 Å². The third-order valence-corrected chi connectivity index (χ3v) is 3.83. The zero-order valence-corrected chi connectivity index (χ0v) is 14.0. The average molecular weight is 404 g/mol. The predicted octanol–water partition coefficient (Wildman–Crippen LogP) is 5.43. The molecular formula is C17H10ClF4NO4. The van der Waals surface area contributed by atoms with Gasteiger partial charge in [-0.1, -0.05) is 11.6 Å². The number of hydrogen-bond donors (Lipinski definition) is 2. The van der Waals surface area contributed by atoms with Gasteiger partial charge in [-0.05, 0) is 36.4 Å². The number of aromatic carboxylic acids is 1. The predicted molar refractivity (Wildman–Crippen MR) is 88.6 cm³/mol. The molecule has 0 fully saturated rings. The summed E-state index contributed by atoms with van der Waals surface area (Å²) in [7, 11) is 0. The summed E-state index contributed by atoms with van der Waals surface area (Å²) in [5, 5.41) is 11.7. The monoisotopic (exact) mass is 403 g/mol. The van der Waals surface area contributed by atoms with E-state index in [1.165, 1.54) is 24.3 Å². The number of alkyl halides is 3. The number of benzene rings is 2. The van der Waals surface area contributed by atoms with Crippen molar-refractivity contribution in [3.63, 3.8) is 0 Å². The molecular weight excluding hydrogens is 394 g/mol. The van der Waals surface area contributed by atoms with Gasteiger partial charge in [-0.25, -0.2) is 9.18 Å². The molecule has 0 aliphatic heterocycles. The van der Waals surface area contributed by atoms with Gasteiger partial charge in [0.2, 0.25) is 5.76 Å². The van der Waals surface area contributed by atoms with Crippen molar-refractivity contribution in [1.29, 1.82) is 0 Å². The molecule has 0 saturated heterocycles. The smallest absolute Gasteiger partial charge is 0.475 e. The van der Waals surface area contributed by atoms with Crippen molar-refractivity contribution in [2.24, 2.45) is 0 Å². The molecule has 0 radical (unpaired) electrons. The van der Waals surface area contributed by atoms with Crippen molar-refractivity contribution < 1.29 is 36.6 Å². The maximum absolute atomic E-state index is 14.2. The van der Waals surface area contributed by atoms with Crippen LogP contribution in [0.2, 0.25) is 5.02 Å². The first-order valence-corrected chi connectivity index (χ1v) is 7.74. The normalized spacial score (nSPS) is 11.6. The van der Waals surface area contributed by atoms with Crippen LogP contribution in [0.5, 0.6) is 5.75 Å². The summed E-state index contributed by atoms with van der Waals surface area (Å²) in [4.78, 5) is 10.9. The molecule has 3 aromatic rings. The molecule has 0 amide bonds. The molecule has 0 atom stereocenters. The van der Waals surface area contributed by atoms with Gasteiger partial charge in [-0.2, -0.15) is 0 Å². The number of ether oxygens (including phenoxy) is 1. The Bertz CT molecular complexity index is 1020. The van der Waals surface area contributed by atoms with Crippen LogP contribution >= 0.6 is 11.6 Å². The number of fused-ring (bicyclic) bond motifs is 1. The fraction of sp³-hybridized carbons (Fsp3) is 0.118. The SMILES string of the molecule is O=C(O)c1cc2cc(F)c(CNc3ccc(OC(F)(F)F)c(Cl)c3)cc2o1. The zero-order chi connectivity index (χ0) is 19.8. The Kier molecular flexibility index (Phi) is 4.88. The van der Waals surface area contributed by atoms with Gasteiger partial charge in [-0.15, -0.1) is 13.2 Å². The van der Waals surface area contributed by atoms with Crippen LogP contribution in [0.4, 0.5) is 23.2 Å². The number of nitrogens with one attached hydrogen (secondary N) is 1. The second kappa shape index (κ2) is 6.99. The maximum Gasteiger partial charge on any atom is 0.573 e. The largest absolute Gasteiger partial charge is 0.573 e. The molecule has 0 spiro atoms. The van der Waals surface area contributed by atoms with Gasteiger partial charge in [0.1, 0.15) is 17.1 Å². The summed E-state index contributed by atoms with van der Waals surface area (Å²) >= 11 is 5.75. The Hall–Kier alpha value is -2.94. The lowest BCUT2D eigenvalue weighted by Crippen LogP contribution is -2.17. The van der Waals surface area contributed by atoms with Gasteiger partial charge in [0, 0.05) is 23.2 Å². The summed E-state index contributed by atoms with van der Waals surface area (Å²) in [5.74, 6) is -2.75. The first-order valence-electron chi connectivity index (χ1n) is 7.37. The lowest BCUT2D eigenvalue weighted by molar-refractivity contribution is -0.274. The van der Waals surface area contributed by atoms with Crippen molar-refractivity contribution in [2.75, 3.05) is 5.32 Å². The van der Waals surface area contributed by atoms with Crippen LogP contribution in [0.25, 0.3) is 11.0 Å². The molecule has 0 aliphatic rings. The van der Waals surface area contributed by atoms with Crippen LogP contribution in [-0.2, 0) is 6.54 Å². The highest BCUT2D eigenvalue weighted by Crippen LogP contribution is 2.32. The summed E-state index contributed by atoms with van der Waals surface area (Å²) < 4.78 is 59.7. The first-order chi connectivity index (χ1) is 12.6. The Morgan fingerprint density at radius 3 is 2.59 bits per heavy atom. The van der Waals surface area contributed by atoms with E-state index in [0.717, 1.165) is 12.1 Å². The average Bonchev–Trinajstić information content (AvgIpc) is 2.97. The minimum atomic E-state index is -4.87. The van der Waals surface area contributed by atoms with Crippen LogP contribution < -0.4 is 10.1 Å². The van der Waals surface area contributed by atoms with Crippen LogP contribution in [0, 0.1) is 5.82 Å². The van der Waals surface area contributed by atoms with Gasteiger partial charge >= 0.3 is 12.3 Å². The minimum Gasteiger partial charge on any atom is -0.475 e. The van der Waals surface area contributed by atoms with Crippen LogP contribution in [0.3, 0.4) is 0 Å². The van der Waals surface area contributed by atoms with E-state index in [2.05, 4.69) is 10.1 Å². The Balaban J connectivity index is 1.77. The van der Waals surface area contributed by atoms with Gasteiger partial charge in [0.15, 0.2) is 0 Å². The molecule has 0 saturated carbocycles. The van der Waals surface area contributed by atoms with Crippen molar-refractivity contribution in [1.82, 2.24) is 0 Å². The fourth-order valence-corrected chi connectivity index (χ4v) is 2.58. The fourth-order valence-electron chi connectivity index (χ4n) is 2.36. The molecule has 3 rings (SSSR count). The van der Waals surface area contributed by atoms with Crippen molar-refractivity contribution in [2.45, 2.75) is 12.9 Å². The first kappa shape index (κ1) is 18.8. The van der Waals surface area contributed by atoms with Crippen molar-refractivity contribution in [3.05, 3.63) is 58.6 Å². The van der Waals surface area contributed by atoms with Gasteiger partial charge in [0.25, 0.3) is 0 Å². The van der Waals surface area contributed by atoms with Crippen LogP contribution in [-0.4, -0.2) is 17.4 Å². The molecule has 2 N–H and O–H groups in total. The second-order valence-corrected chi connectivity index (χ2v) is 5.85. The number of carboxylic acids is 1. The number of carbonyl (C=O) groups is 1. The molecule has 0 aliphatic carbocycles. The van der Waals surface area contributed by atoms with E-state index in [-0.39, 0.29) is 28.5 Å². The summed E-state index contributed by atoms with van der Waals surface area (Å²) in [6.07, 6.45) is -4.87. The Morgan fingerprint density at radius 2 is 1.96 bits per heavy atom. The maximum atomic E-state index is 14.2. The quantitative estimate of drug-likeness (QED) is 0.555. The number of hydrogen-bond acceptors (Lipinski definition) is 4. The zero-order valence-electron chi connectivity index (χ0n) is 13.2. The van der Waals surface area contributed by atoms with Gasteiger partial charge in [-0.3, -0.25) is 0 Å². The minimum absolute atomic E-state index is 0.0410. The highest BCUT2D eigenvalue weighted by atomic mass is 35.5. The second-order valence-electron chi connectivity index (χ2n) is 5.44. The van der Waals surface area contributed by atoms with E-state index in [1.807, 2.05) is 0 Å². The molecule has 1 aromatic heterocycles. The lowest BCUT2D eigenvalue weighted by atomic mass is 10.1. The van der Waals surface area contributed by atoms with Gasteiger partial charge < -0.3 is 19.6 Å². The third kappa shape index (κ3) is 4.43. The van der Waals surface area contributed by atoms with Gasteiger partial charge in [0.05, 0.1) is 5.02 Å². The summed E-state index contributed by atoms with van der Waals surface area (Å²) in [5.41, 5.74) is 0.692. The number of carboxylic acid groups (broad SMARTS) is 1. The molecule has 10 heteroatoms. The van der Waals surface area contributed by atoms with E-state index in [0.29, 0.717) is 11.1 Å². The number of anilines is 1. The molecule has 2 aromatic carbocycles. The van der Waals surface area contributed by atoms with Crippen molar-refractivity contribution in [3.8, 4) is 5.75 Å². The summed E-state index contributed by atoms with van der Waals surface area (Å²) in [6.45, 7) is -0.0410. The van der Waals surface area contributed by atoms with E-state index in [9.17, 15) is 22.4 Å². The molecule has 1 heterocycles. The van der Waals surface area contributed by atoms with Crippen molar-refractivity contribution >= 4 is 34.2 Å². The van der Waals surface area contributed by atoms with E-state index >= 15 is 0 Å². The Morgan fingerprint density at radius 1 is 1.22 bits per heavy atom. The van der Waals surface area contributed by atoms with E-state index < -0.39 is 23.9 Å². The highest BCUT2D eigenvalue weighted by Gasteiger charge is 2.32. The number of halogens is 5. The molecule has 0 bridgehead atoms. The number of rotatable bonds is 5. The van der Waals surface area contributed by atoms with Crippen LogP contribution in [0.15, 0.2) is 40.8 Å².